The lowest BCUT2D eigenvalue weighted by Gasteiger charge is -2.17. The van der Waals surface area contributed by atoms with Gasteiger partial charge in [-0.15, -0.1) is 0 Å². The first-order valence-electron chi connectivity index (χ1n) is 30.2. The molecular formula is C62H122O15. The van der Waals surface area contributed by atoms with Gasteiger partial charge in [-0.05, 0) is 63.7 Å². The van der Waals surface area contributed by atoms with E-state index in [4.69, 9.17) is 53.6 Å². The maximum absolute atomic E-state index is 12.0. The summed E-state index contributed by atoms with van der Waals surface area (Å²) in [6.45, 7) is 19.4. The van der Waals surface area contributed by atoms with E-state index in [-0.39, 0.29) is 51.7 Å². The van der Waals surface area contributed by atoms with Gasteiger partial charge in [0.1, 0.15) is 18.3 Å². The number of aliphatic hydroxyl groups is 5. The summed E-state index contributed by atoms with van der Waals surface area (Å²) in [7, 11) is 1.45. The van der Waals surface area contributed by atoms with Crippen LogP contribution in [-0.4, -0.2) is 160 Å². The van der Waals surface area contributed by atoms with E-state index in [1.807, 2.05) is 13.8 Å². The zero-order valence-corrected chi connectivity index (χ0v) is 49.9. The van der Waals surface area contributed by atoms with Crippen LogP contribution in [0.3, 0.4) is 0 Å². The monoisotopic (exact) mass is 1110 g/mol. The first kappa shape index (κ1) is 79.2. The Morgan fingerprint density at radius 2 is 0.870 bits per heavy atom. The summed E-state index contributed by atoms with van der Waals surface area (Å²) < 4.78 is 43.0. The Morgan fingerprint density at radius 3 is 1.35 bits per heavy atom. The molecule has 2 heterocycles. The summed E-state index contributed by atoms with van der Waals surface area (Å²) >= 11 is 0. The van der Waals surface area contributed by atoms with Gasteiger partial charge in [0.05, 0.1) is 97.6 Å². The third kappa shape index (κ3) is 55.7. The predicted molar refractivity (Wildman–Crippen MR) is 312 cm³/mol. The molecular weight excluding hydrogens is 985 g/mol. The van der Waals surface area contributed by atoms with Crippen molar-refractivity contribution in [1.29, 1.82) is 0 Å². The van der Waals surface area contributed by atoms with Crippen molar-refractivity contribution in [3.05, 3.63) is 24.3 Å². The highest BCUT2D eigenvalue weighted by atomic mass is 16.6. The Bertz CT molecular complexity index is 1290. The molecule has 0 bridgehead atoms. The molecule has 77 heavy (non-hydrogen) atoms. The highest BCUT2D eigenvalue weighted by Crippen LogP contribution is 2.39. The van der Waals surface area contributed by atoms with Gasteiger partial charge in [-0.3, -0.25) is 9.59 Å². The van der Waals surface area contributed by atoms with Crippen LogP contribution in [0.25, 0.3) is 0 Å². The number of epoxide rings is 2. The van der Waals surface area contributed by atoms with Crippen molar-refractivity contribution in [3.63, 3.8) is 0 Å². The third-order valence-corrected chi connectivity index (χ3v) is 12.9. The van der Waals surface area contributed by atoms with Crippen molar-refractivity contribution in [2.24, 2.45) is 17.8 Å². The zero-order chi connectivity index (χ0) is 56.9. The molecule has 0 spiro atoms. The highest BCUT2D eigenvalue weighted by molar-refractivity contribution is 5.69. The lowest BCUT2D eigenvalue weighted by atomic mass is 10.0. The Balaban J connectivity index is -0.00000116. The fourth-order valence-electron chi connectivity index (χ4n) is 7.73. The maximum Gasteiger partial charge on any atom is 0.305 e. The first-order chi connectivity index (χ1) is 36.8. The normalized spacial score (nSPS) is 18.8. The molecule has 0 aliphatic carbocycles. The van der Waals surface area contributed by atoms with Crippen LogP contribution in [0.15, 0.2) is 24.3 Å². The van der Waals surface area contributed by atoms with E-state index in [0.717, 1.165) is 58.2 Å². The number of unbranched alkanes of at least 4 members (excludes halogenated alkanes) is 14. The van der Waals surface area contributed by atoms with Crippen molar-refractivity contribution < 1.29 is 73.0 Å². The number of aliphatic hydroxyl groups excluding tert-OH is 5. The van der Waals surface area contributed by atoms with Gasteiger partial charge in [-0.2, -0.15) is 0 Å². The molecule has 0 aromatic rings. The Morgan fingerprint density at radius 1 is 0.481 bits per heavy atom. The second kappa shape index (κ2) is 58.6. The molecule has 0 aromatic carbocycles. The van der Waals surface area contributed by atoms with Crippen molar-refractivity contribution in [3.8, 4) is 0 Å². The number of carbonyl (C=O) groups excluding carboxylic acids is 2. The van der Waals surface area contributed by atoms with Gasteiger partial charge < -0.3 is 63.4 Å². The van der Waals surface area contributed by atoms with Crippen LogP contribution >= 0.6 is 0 Å². The van der Waals surface area contributed by atoms with Crippen molar-refractivity contribution >= 4 is 11.9 Å². The number of allylic oxidation sites excluding steroid dienone is 4. The summed E-state index contributed by atoms with van der Waals surface area (Å²) in [5.74, 6) is 1.04. The molecule has 2 rings (SSSR count). The lowest BCUT2D eigenvalue weighted by Crippen LogP contribution is -2.28. The van der Waals surface area contributed by atoms with Crippen LogP contribution in [-0.2, 0) is 47.5 Å². The Kier molecular flexibility index (Phi) is 60.3. The highest BCUT2D eigenvalue weighted by Gasteiger charge is 2.47. The molecule has 460 valence electrons. The largest absolute Gasteiger partial charge is 0.469 e. The molecule has 2 saturated heterocycles. The number of methoxy groups -OCH3 is 1. The first-order valence-corrected chi connectivity index (χ1v) is 30.2. The minimum Gasteiger partial charge on any atom is -0.469 e. The van der Waals surface area contributed by atoms with E-state index in [0.29, 0.717) is 68.9 Å². The van der Waals surface area contributed by atoms with Crippen molar-refractivity contribution in [2.45, 2.75) is 266 Å². The fraction of sp³-hybridized carbons (Fsp3) is 0.903. The van der Waals surface area contributed by atoms with Gasteiger partial charge in [-0.25, -0.2) is 0 Å². The molecule has 0 aromatic heterocycles. The number of ether oxygens (including phenoxy) is 8. The topological polar surface area (TPSA) is 216 Å². The molecule has 9 unspecified atom stereocenters. The van der Waals surface area contributed by atoms with E-state index >= 15 is 0 Å². The SMILES string of the molecule is C.CC.CCCCC/C=C\C/C=C\CCCCCCCC(=O)OC.CCCCCC1OC1CC1OC1CCCCCCCC(=O)OCC(C)COCC(C)COCC(C)CC.OCC(O)COCC(O)COCC(O)CO. The Hall–Kier alpha value is -2.02. The smallest absolute Gasteiger partial charge is 0.305 e. The summed E-state index contributed by atoms with van der Waals surface area (Å²) in [4.78, 5) is 22.9. The minimum absolute atomic E-state index is 0. The second-order valence-electron chi connectivity index (χ2n) is 20.9. The standard InChI is InChI=1S/C31H58O6.C19H34O2.C9H20O7.C2H6.CH4/c1-6-8-12-15-27-29(36-27)18-30-28(37-30)16-13-10-9-11-14-17-31(32)35-23-26(5)22-34-21-25(4)20-33-19-24(3)7-2;1-3-4-5-6-7-8-9-10-11-12-13-14-15-16-17-18-19(20)21-2;10-1-7(12)3-15-5-9(14)6-16-4-8(13)2-11;1-2;/h24-30H,6-23H2,1-5H3;7-8,10-11H,3-6,9,12-18H2,1-2H3;7-14H,1-6H2;1-2H3;1H4/b;8-7-,11-10-;;;. The molecule has 5 N–H and O–H groups in total. The van der Waals surface area contributed by atoms with E-state index in [2.05, 4.69) is 70.6 Å². The fourth-order valence-corrected chi connectivity index (χ4v) is 7.73. The third-order valence-electron chi connectivity index (χ3n) is 12.9. The summed E-state index contributed by atoms with van der Waals surface area (Å²) in [5, 5.41) is 44.0. The van der Waals surface area contributed by atoms with Crippen LogP contribution in [0.5, 0.6) is 0 Å². The Labute approximate surface area is 471 Å². The van der Waals surface area contributed by atoms with Crippen LogP contribution in [0.2, 0.25) is 0 Å². The molecule has 9 atom stereocenters. The van der Waals surface area contributed by atoms with Crippen LogP contribution < -0.4 is 0 Å². The minimum atomic E-state index is -0.954. The summed E-state index contributed by atoms with van der Waals surface area (Å²) in [5.41, 5.74) is 0. The molecule has 15 nitrogen and oxygen atoms in total. The number of hydrogen-bond acceptors (Lipinski definition) is 15. The van der Waals surface area contributed by atoms with Gasteiger partial charge in [-0.1, -0.05) is 171 Å². The number of hydrogen-bond donors (Lipinski definition) is 5. The van der Waals surface area contributed by atoms with Gasteiger partial charge >= 0.3 is 11.9 Å². The molecule has 0 saturated carbocycles. The second-order valence-corrected chi connectivity index (χ2v) is 20.9. The van der Waals surface area contributed by atoms with Crippen LogP contribution in [0.4, 0.5) is 0 Å². The average molecular weight is 1110 g/mol. The molecule has 2 aliphatic heterocycles. The van der Waals surface area contributed by atoms with Gasteiger partial charge in [0, 0.05) is 37.7 Å². The molecule has 15 heteroatoms. The average Bonchev–Trinajstić information content (AvgIpc) is 4.36. The quantitative estimate of drug-likeness (QED) is 0.0166. The number of rotatable bonds is 49. The van der Waals surface area contributed by atoms with Gasteiger partial charge in [0.15, 0.2) is 0 Å². The van der Waals surface area contributed by atoms with E-state index in [9.17, 15) is 14.7 Å². The summed E-state index contributed by atoms with van der Waals surface area (Å²) in [6, 6.07) is 0. The molecule has 0 radical (unpaired) electrons. The molecule has 2 aliphatic rings. The number of esters is 2. The molecule has 0 amide bonds. The van der Waals surface area contributed by atoms with E-state index < -0.39 is 31.5 Å². The van der Waals surface area contributed by atoms with Gasteiger partial charge in [0.25, 0.3) is 0 Å². The predicted octanol–water partition coefficient (Wildman–Crippen LogP) is 11.8. The summed E-state index contributed by atoms with van der Waals surface area (Å²) in [6.07, 6.45) is 36.8. The molecule has 2 fully saturated rings. The van der Waals surface area contributed by atoms with Gasteiger partial charge in [0.2, 0.25) is 0 Å². The maximum atomic E-state index is 12.0. The lowest BCUT2D eigenvalue weighted by molar-refractivity contribution is -0.145. The zero-order valence-electron chi connectivity index (χ0n) is 49.9. The van der Waals surface area contributed by atoms with Crippen molar-refractivity contribution in [2.75, 3.05) is 79.8 Å². The van der Waals surface area contributed by atoms with Crippen LogP contribution in [0, 0.1) is 17.8 Å². The van der Waals surface area contributed by atoms with Crippen molar-refractivity contribution in [1.82, 2.24) is 0 Å². The van der Waals surface area contributed by atoms with Crippen LogP contribution in [0.1, 0.15) is 223 Å². The van der Waals surface area contributed by atoms with E-state index in [1.165, 1.54) is 110 Å². The van der Waals surface area contributed by atoms with E-state index in [1.54, 1.807) is 0 Å². The number of carbonyl (C=O) groups is 2.